The van der Waals surface area contributed by atoms with E-state index >= 15 is 0 Å². The van der Waals surface area contributed by atoms with E-state index < -0.39 is 0 Å². The predicted molar refractivity (Wildman–Crippen MR) is 114 cm³/mol. The number of hydrogen-bond acceptors (Lipinski definition) is 5. The standard InChI is InChI=1S/C19H25N5O.2ClH/c1-13(2)18-21-14(3)11-17(22-18)23-7-9-24(10-8-23)19(25)15-5-4-6-16(20)12-15;;/h4-6,11-13H,7-10,20H2,1-3H3;2*1H. The van der Waals surface area contributed by atoms with Crippen LogP contribution in [0.25, 0.3) is 0 Å². The number of hydrogen-bond donors (Lipinski definition) is 1. The second kappa shape index (κ2) is 9.76. The molecule has 0 aliphatic carbocycles. The van der Waals surface area contributed by atoms with Crippen LogP contribution in [0.4, 0.5) is 11.5 Å². The number of nitrogens with two attached hydrogens (primary N) is 1. The van der Waals surface area contributed by atoms with Gasteiger partial charge in [-0.15, -0.1) is 24.8 Å². The van der Waals surface area contributed by atoms with Gasteiger partial charge in [0, 0.05) is 55.1 Å². The average Bonchev–Trinajstić information content (AvgIpc) is 2.60. The molecule has 1 aromatic heterocycles. The second-order valence-corrected chi connectivity index (χ2v) is 6.79. The highest BCUT2D eigenvalue weighted by molar-refractivity contribution is 5.95. The summed E-state index contributed by atoms with van der Waals surface area (Å²) in [5.74, 6) is 2.15. The van der Waals surface area contributed by atoms with E-state index in [2.05, 4.69) is 23.7 Å². The topological polar surface area (TPSA) is 75.3 Å². The summed E-state index contributed by atoms with van der Waals surface area (Å²) < 4.78 is 0. The number of benzene rings is 1. The number of aromatic nitrogens is 2. The van der Waals surface area contributed by atoms with E-state index in [-0.39, 0.29) is 30.7 Å². The minimum absolute atomic E-state index is 0. The van der Waals surface area contributed by atoms with Gasteiger partial charge in [0.15, 0.2) is 0 Å². The molecule has 2 heterocycles. The lowest BCUT2D eigenvalue weighted by atomic mass is 10.1. The normalized spacial score (nSPS) is 13.8. The van der Waals surface area contributed by atoms with Gasteiger partial charge >= 0.3 is 0 Å². The fourth-order valence-electron chi connectivity index (χ4n) is 2.99. The number of aryl methyl sites for hydroxylation is 1. The Labute approximate surface area is 173 Å². The van der Waals surface area contributed by atoms with Gasteiger partial charge in [-0.2, -0.15) is 0 Å². The van der Waals surface area contributed by atoms with Crippen LogP contribution in [0.1, 0.15) is 41.6 Å². The predicted octanol–water partition coefficient (Wildman–Crippen LogP) is 3.30. The van der Waals surface area contributed by atoms with Gasteiger partial charge < -0.3 is 15.5 Å². The Morgan fingerprint density at radius 2 is 1.74 bits per heavy atom. The fraction of sp³-hybridized carbons (Fsp3) is 0.421. The number of nitrogen functional groups attached to an aromatic ring is 1. The number of carbonyl (C=O) groups excluding carboxylic acids is 1. The molecule has 1 saturated heterocycles. The Bertz CT molecular complexity index is 776. The van der Waals surface area contributed by atoms with Crippen LogP contribution in [0.15, 0.2) is 30.3 Å². The molecule has 0 atom stereocenters. The van der Waals surface area contributed by atoms with Crippen LogP contribution >= 0.6 is 24.8 Å². The van der Waals surface area contributed by atoms with Crippen molar-refractivity contribution in [1.82, 2.24) is 14.9 Å². The summed E-state index contributed by atoms with van der Waals surface area (Å²) in [6, 6.07) is 9.17. The number of nitrogens with zero attached hydrogens (tertiary/aromatic N) is 4. The van der Waals surface area contributed by atoms with Gasteiger partial charge in [0.2, 0.25) is 0 Å². The van der Waals surface area contributed by atoms with Crippen molar-refractivity contribution in [3.05, 3.63) is 47.4 Å². The Balaban J connectivity index is 0.00000182. The van der Waals surface area contributed by atoms with Gasteiger partial charge in [0.25, 0.3) is 5.91 Å². The van der Waals surface area contributed by atoms with Crippen molar-refractivity contribution >= 4 is 42.2 Å². The van der Waals surface area contributed by atoms with Crippen LogP contribution < -0.4 is 10.6 Å². The third kappa shape index (κ3) is 5.47. The van der Waals surface area contributed by atoms with E-state index in [9.17, 15) is 4.79 Å². The van der Waals surface area contributed by atoms with Crippen molar-refractivity contribution in [3.63, 3.8) is 0 Å². The van der Waals surface area contributed by atoms with Gasteiger partial charge in [-0.25, -0.2) is 9.97 Å². The largest absolute Gasteiger partial charge is 0.399 e. The molecule has 2 aromatic rings. The molecule has 0 unspecified atom stereocenters. The zero-order valence-electron chi connectivity index (χ0n) is 15.9. The van der Waals surface area contributed by atoms with Crippen LogP contribution in [0.3, 0.4) is 0 Å². The van der Waals surface area contributed by atoms with Crippen molar-refractivity contribution in [2.24, 2.45) is 0 Å². The molecule has 0 saturated carbocycles. The molecule has 0 bridgehead atoms. The van der Waals surface area contributed by atoms with E-state index in [1.165, 1.54) is 0 Å². The lowest BCUT2D eigenvalue weighted by Gasteiger charge is -2.35. The first-order valence-corrected chi connectivity index (χ1v) is 8.69. The first-order valence-electron chi connectivity index (χ1n) is 8.69. The zero-order valence-corrected chi connectivity index (χ0v) is 17.5. The first kappa shape index (κ1) is 23.0. The molecule has 1 aliphatic heterocycles. The maximum absolute atomic E-state index is 12.6. The summed E-state index contributed by atoms with van der Waals surface area (Å²) in [6.07, 6.45) is 0. The van der Waals surface area contributed by atoms with E-state index in [0.717, 1.165) is 30.4 Å². The molecule has 8 heteroatoms. The number of amides is 1. The quantitative estimate of drug-likeness (QED) is 0.783. The van der Waals surface area contributed by atoms with Crippen molar-refractivity contribution in [1.29, 1.82) is 0 Å². The SMILES string of the molecule is Cc1cc(N2CCN(C(=O)c3cccc(N)c3)CC2)nc(C(C)C)n1.Cl.Cl. The molecule has 0 radical (unpaired) electrons. The average molecular weight is 412 g/mol. The Hall–Kier alpha value is -2.05. The minimum atomic E-state index is 0. The highest BCUT2D eigenvalue weighted by Crippen LogP contribution is 2.19. The number of piperazine rings is 1. The molecule has 0 spiro atoms. The van der Waals surface area contributed by atoms with Crippen LogP contribution in [0.5, 0.6) is 0 Å². The summed E-state index contributed by atoms with van der Waals surface area (Å²) in [6.45, 7) is 9.07. The number of anilines is 2. The molecule has 148 valence electrons. The van der Waals surface area contributed by atoms with Crippen molar-refractivity contribution in [3.8, 4) is 0 Å². The van der Waals surface area contributed by atoms with Crippen molar-refractivity contribution in [2.45, 2.75) is 26.7 Å². The zero-order chi connectivity index (χ0) is 18.0. The van der Waals surface area contributed by atoms with E-state index in [4.69, 9.17) is 10.7 Å². The third-order valence-electron chi connectivity index (χ3n) is 4.40. The molecule has 1 fully saturated rings. The van der Waals surface area contributed by atoms with Crippen LogP contribution in [0, 0.1) is 6.92 Å². The number of carbonyl (C=O) groups is 1. The monoisotopic (exact) mass is 411 g/mol. The molecule has 3 rings (SSSR count). The van der Waals surface area contributed by atoms with Crippen LogP contribution in [-0.2, 0) is 0 Å². The summed E-state index contributed by atoms with van der Waals surface area (Å²) in [4.78, 5) is 25.9. The molecule has 6 nitrogen and oxygen atoms in total. The van der Waals surface area contributed by atoms with Gasteiger partial charge in [0.1, 0.15) is 11.6 Å². The fourth-order valence-corrected chi connectivity index (χ4v) is 2.99. The molecule has 1 aliphatic rings. The molecular formula is C19H27Cl2N5O. The molecule has 2 N–H and O–H groups in total. The molecule has 1 amide bonds. The third-order valence-corrected chi connectivity index (χ3v) is 4.40. The molecule has 1 aromatic carbocycles. The summed E-state index contributed by atoms with van der Waals surface area (Å²) in [7, 11) is 0. The lowest BCUT2D eigenvalue weighted by Crippen LogP contribution is -2.49. The summed E-state index contributed by atoms with van der Waals surface area (Å²) >= 11 is 0. The highest BCUT2D eigenvalue weighted by atomic mass is 35.5. The van der Waals surface area contributed by atoms with E-state index in [1.54, 1.807) is 12.1 Å². The van der Waals surface area contributed by atoms with Gasteiger partial charge in [-0.3, -0.25) is 4.79 Å². The smallest absolute Gasteiger partial charge is 0.254 e. The second-order valence-electron chi connectivity index (χ2n) is 6.79. The highest BCUT2D eigenvalue weighted by Gasteiger charge is 2.23. The lowest BCUT2D eigenvalue weighted by molar-refractivity contribution is 0.0746. The van der Waals surface area contributed by atoms with Crippen molar-refractivity contribution in [2.75, 3.05) is 36.8 Å². The van der Waals surface area contributed by atoms with Gasteiger partial charge in [-0.05, 0) is 25.1 Å². The van der Waals surface area contributed by atoms with Crippen LogP contribution in [-0.4, -0.2) is 47.0 Å². The Kier molecular flexibility index (Phi) is 8.31. The Morgan fingerprint density at radius 3 is 2.33 bits per heavy atom. The van der Waals surface area contributed by atoms with Crippen molar-refractivity contribution < 1.29 is 4.79 Å². The molecule has 27 heavy (non-hydrogen) atoms. The van der Waals surface area contributed by atoms with Gasteiger partial charge in [0.05, 0.1) is 0 Å². The van der Waals surface area contributed by atoms with Crippen LogP contribution in [0.2, 0.25) is 0 Å². The Morgan fingerprint density at radius 1 is 1.07 bits per heavy atom. The maximum atomic E-state index is 12.6. The first-order chi connectivity index (χ1) is 11.9. The maximum Gasteiger partial charge on any atom is 0.254 e. The molecular weight excluding hydrogens is 385 g/mol. The number of rotatable bonds is 3. The summed E-state index contributed by atoms with van der Waals surface area (Å²) in [5.41, 5.74) is 8.02. The van der Waals surface area contributed by atoms with E-state index in [1.807, 2.05) is 30.0 Å². The van der Waals surface area contributed by atoms with Gasteiger partial charge in [-0.1, -0.05) is 19.9 Å². The number of halogens is 2. The van der Waals surface area contributed by atoms with E-state index in [0.29, 0.717) is 30.3 Å². The minimum Gasteiger partial charge on any atom is -0.399 e. The summed E-state index contributed by atoms with van der Waals surface area (Å²) in [5, 5.41) is 0.